The Hall–Kier alpha value is 0.650. The van der Waals surface area contributed by atoms with Crippen LogP contribution < -0.4 is 0 Å². The molecule has 0 aromatic rings. The van der Waals surface area contributed by atoms with Crippen molar-refractivity contribution in [3.05, 3.63) is 0 Å². The Bertz CT molecular complexity index is 254. The molecule has 0 heterocycles. The predicted octanol–water partition coefficient (Wildman–Crippen LogP) is 3.65. The van der Waals surface area contributed by atoms with E-state index in [0.717, 1.165) is 32.1 Å². The third-order valence-electron chi connectivity index (χ3n) is 4.08. The van der Waals surface area contributed by atoms with E-state index in [1.807, 2.05) is 0 Å². The van der Waals surface area contributed by atoms with Crippen molar-refractivity contribution in [2.75, 3.05) is 0 Å². The molecule has 1 N–H and O–H groups in total. The van der Waals surface area contributed by atoms with Gasteiger partial charge in [0.05, 0.1) is 11.2 Å². The van der Waals surface area contributed by atoms with E-state index in [1.54, 1.807) is 0 Å². The van der Waals surface area contributed by atoms with Crippen molar-refractivity contribution in [1.82, 2.24) is 0 Å². The summed E-state index contributed by atoms with van der Waals surface area (Å²) in [6, 6.07) is 0. The van der Waals surface area contributed by atoms with Crippen LogP contribution in [-0.2, 0) is 4.74 Å². The van der Waals surface area contributed by atoms with Crippen LogP contribution in [0, 0.1) is 5.92 Å². The first-order valence-electron chi connectivity index (χ1n) is 6.49. The van der Waals surface area contributed by atoms with Gasteiger partial charge in [0, 0.05) is 6.42 Å². The molecule has 94 valence electrons. The summed E-state index contributed by atoms with van der Waals surface area (Å²) in [7, 11) is 0. The molecule has 0 radical (unpaired) electrons. The lowest BCUT2D eigenvalue weighted by Crippen LogP contribution is -2.51. The normalized spacial score (nSPS) is 45.4. The minimum absolute atomic E-state index is 0.0973. The van der Waals surface area contributed by atoms with Crippen LogP contribution in [0.15, 0.2) is 0 Å². The van der Waals surface area contributed by atoms with Crippen LogP contribution in [0.3, 0.4) is 0 Å². The van der Waals surface area contributed by atoms with Gasteiger partial charge in [-0.05, 0) is 38.5 Å². The van der Waals surface area contributed by atoms with E-state index in [2.05, 4.69) is 36.4 Å². The Morgan fingerprint density at radius 1 is 1.50 bits per heavy atom. The minimum Gasteiger partial charge on any atom is -0.390 e. The lowest BCUT2D eigenvalue weighted by molar-refractivity contribution is -0.160. The smallest absolute Gasteiger partial charge is 0.109 e. The molecule has 0 aromatic heterocycles. The number of halogens is 1. The highest BCUT2D eigenvalue weighted by Crippen LogP contribution is 2.48. The highest BCUT2D eigenvalue weighted by atomic mass is 127. The number of fused-ring (bicyclic) bond motifs is 2. The zero-order chi connectivity index (χ0) is 11.8. The van der Waals surface area contributed by atoms with Crippen LogP contribution in [0.5, 0.6) is 0 Å². The molecule has 0 amide bonds. The third-order valence-corrected chi connectivity index (χ3v) is 5.22. The van der Waals surface area contributed by atoms with E-state index in [1.165, 1.54) is 12.8 Å². The average molecular weight is 338 g/mol. The quantitative estimate of drug-likeness (QED) is 0.629. The van der Waals surface area contributed by atoms with Crippen molar-refractivity contribution in [2.45, 2.75) is 74.1 Å². The number of hydrogen-bond acceptors (Lipinski definition) is 2. The monoisotopic (exact) mass is 338 g/mol. The fourth-order valence-electron chi connectivity index (χ4n) is 3.66. The van der Waals surface area contributed by atoms with Crippen LogP contribution in [-0.4, -0.2) is 20.4 Å². The second kappa shape index (κ2) is 4.73. The fourth-order valence-corrected chi connectivity index (χ4v) is 4.27. The number of aliphatic hydroxyl groups is 1. The lowest BCUT2D eigenvalue weighted by atomic mass is 9.64. The van der Waals surface area contributed by atoms with Gasteiger partial charge >= 0.3 is 0 Å². The third kappa shape index (κ3) is 2.91. The summed E-state index contributed by atoms with van der Waals surface area (Å²) in [5.74, 6) is 0.679. The molecule has 0 saturated heterocycles. The molecule has 0 aliphatic heterocycles. The molecule has 2 aliphatic rings. The Morgan fingerprint density at radius 3 is 2.88 bits per heavy atom. The summed E-state index contributed by atoms with van der Waals surface area (Å²) < 4.78 is 6.44. The summed E-state index contributed by atoms with van der Waals surface area (Å²) in [6.45, 7) is 4.34. The van der Waals surface area contributed by atoms with Gasteiger partial charge in [0.1, 0.15) is 4.11 Å². The molecule has 0 spiro atoms. The molecular weight excluding hydrogens is 315 g/mol. The highest BCUT2D eigenvalue weighted by molar-refractivity contribution is 14.1. The van der Waals surface area contributed by atoms with Crippen molar-refractivity contribution in [3.63, 3.8) is 0 Å². The first kappa shape index (κ1) is 13.1. The number of alkyl halides is 1. The summed E-state index contributed by atoms with van der Waals surface area (Å²) in [5, 5.41) is 10.5. The van der Waals surface area contributed by atoms with Gasteiger partial charge in [0.15, 0.2) is 0 Å². The van der Waals surface area contributed by atoms with E-state index in [4.69, 9.17) is 4.74 Å². The number of hydrogen-bond donors (Lipinski definition) is 1. The molecule has 2 bridgehead atoms. The first-order valence-corrected chi connectivity index (χ1v) is 7.74. The Labute approximate surface area is 112 Å². The summed E-state index contributed by atoms with van der Waals surface area (Å²) >= 11 is 2.36. The second-order valence-corrected chi connectivity index (χ2v) is 7.34. The van der Waals surface area contributed by atoms with Crippen LogP contribution >= 0.6 is 22.6 Å². The molecule has 2 aliphatic carbocycles. The molecule has 3 heteroatoms. The molecule has 4 atom stereocenters. The van der Waals surface area contributed by atoms with E-state index < -0.39 is 5.60 Å². The standard InChI is InChI=1S/C13H23IO2/c1-3-11(14)16-12(2)7-10-5-4-6-13(15,8-10)9-12/h10-11,15H,3-9H2,1-2H3. The maximum atomic E-state index is 10.5. The lowest BCUT2D eigenvalue weighted by Gasteiger charge is -2.50. The van der Waals surface area contributed by atoms with E-state index >= 15 is 0 Å². The SMILES string of the molecule is CCC(I)OC1(C)CC2CCCC(O)(C2)C1. The van der Waals surface area contributed by atoms with Gasteiger partial charge in [0.25, 0.3) is 0 Å². The van der Waals surface area contributed by atoms with Crippen molar-refractivity contribution in [3.8, 4) is 0 Å². The van der Waals surface area contributed by atoms with Gasteiger partial charge < -0.3 is 9.84 Å². The maximum Gasteiger partial charge on any atom is 0.109 e. The Kier molecular flexibility index (Phi) is 3.87. The topological polar surface area (TPSA) is 29.5 Å². The molecule has 4 unspecified atom stereocenters. The summed E-state index contributed by atoms with van der Waals surface area (Å²) in [6.07, 6.45) is 7.45. The van der Waals surface area contributed by atoms with Crippen LogP contribution in [0.2, 0.25) is 0 Å². The molecular formula is C13H23IO2. The molecule has 2 rings (SSSR count). The van der Waals surface area contributed by atoms with Crippen molar-refractivity contribution >= 4 is 22.6 Å². The van der Waals surface area contributed by atoms with Crippen molar-refractivity contribution < 1.29 is 9.84 Å². The molecule has 2 fully saturated rings. The van der Waals surface area contributed by atoms with Crippen molar-refractivity contribution in [2.24, 2.45) is 5.92 Å². The van der Waals surface area contributed by atoms with E-state index in [-0.39, 0.29) is 9.71 Å². The summed E-state index contributed by atoms with van der Waals surface area (Å²) in [4.78, 5) is 0. The molecule has 2 nitrogen and oxygen atoms in total. The average Bonchev–Trinajstić information content (AvgIpc) is 2.14. The van der Waals surface area contributed by atoms with Crippen LogP contribution in [0.4, 0.5) is 0 Å². The van der Waals surface area contributed by atoms with Gasteiger partial charge in [0.2, 0.25) is 0 Å². The largest absolute Gasteiger partial charge is 0.390 e. The Morgan fingerprint density at radius 2 is 2.25 bits per heavy atom. The zero-order valence-electron chi connectivity index (χ0n) is 10.3. The second-order valence-electron chi connectivity index (χ2n) is 5.95. The van der Waals surface area contributed by atoms with E-state index in [9.17, 15) is 5.11 Å². The molecule has 2 saturated carbocycles. The maximum absolute atomic E-state index is 10.5. The van der Waals surface area contributed by atoms with Gasteiger partial charge in [-0.2, -0.15) is 0 Å². The Balaban J connectivity index is 2.05. The highest BCUT2D eigenvalue weighted by Gasteiger charge is 2.48. The van der Waals surface area contributed by atoms with Gasteiger partial charge in [-0.25, -0.2) is 0 Å². The van der Waals surface area contributed by atoms with Gasteiger partial charge in [-0.3, -0.25) is 0 Å². The number of ether oxygens (including phenoxy) is 1. The fraction of sp³-hybridized carbons (Fsp3) is 1.00. The van der Waals surface area contributed by atoms with Crippen LogP contribution in [0.1, 0.15) is 58.8 Å². The van der Waals surface area contributed by atoms with Gasteiger partial charge in [-0.15, -0.1) is 0 Å². The van der Waals surface area contributed by atoms with Crippen molar-refractivity contribution in [1.29, 1.82) is 0 Å². The first-order chi connectivity index (χ1) is 7.45. The van der Waals surface area contributed by atoms with Crippen LogP contribution in [0.25, 0.3) is 0 Å². The minimum atomic E-state index is -0.431. The predicted molar refractivity (Wildman–Crippen MR) is 73.7 cm³/mol. The van der Waals surface area contributed by atoms with Gasteiger partial charge in [-0.1, -0.05) is 42.4 Å². The van der Waals surface area contributed by atoms with E-state index in [0.29, 0.717) is 5.92 Å². The number of rotatable bonds is 3. The summed E-state index contributed by atoms with van der Waals surface area (Å²) in [5.41, 5.74) is -0.528. The molecule has 16 heavy (non-hydrogen) atoms. The zero-order valence-corrected chi connectivity index (χ0v) is 12.5. The molecule has 0 aromatic carbocycles.